The van der Waals surface area contributed by atoms with E-state index in [1.165, 1.54) is 11.8 Å². The molecule has 0 heterocycles. The number of carbonyl (C=O) groups is 7. The fourth-order valence-electron chi connectivity index (χ4n) is 2.63. The zero-order valence-electron chi connectivity index (χ0n) is 18.7. The molecular weight excluding hydrogens is 476 g/mol. The number of hydrogen-bond donors (Lipinski definition) is 7. The highest BCUT2D eigenvalue weighted by molar-refractivity contribution is 7.98. The van der Waals surface area contributed by atoms with Gasteiger partial charge in [-0.1, -0.05) is 0 Å². The van der Waals surface area contributed by atoms with Crippen molar-refractivity contribution in [2.75, 3.05) is 18.6 Å². The highest BCUT2D eigenvalue weighted by Gasteiger charge is 2.30. The molecule has 0 saturated heterocycles. The Labute approximate surface area is 199 Å². The molecule has 0 fully saturated rings. The minimum Gasteiger partial charge on any atom is -0.481 e. The highest BCUT2D eigenvalue weighted by atomic mass is 32.2. The van der Waals surface area contributed by atoms with E-state index >= 15 is 0 Å². The van der Waals surface area contributed by atoms with Crippen molar-refractivity contribution in [1.29, 1.82) is 0 Å². The lowest BCUT2D eigenvalue weighted by Gasteiger charge is -2.24. The number of carboxylic acids is 2. The Morgan fingerprint density at radius 3 is 1.82 bits per heavy atom. The minimum atomic E-state index is -1.54. The number of aliphatic hydroxyl groups excluding tert-OH is 1. The van der Waals surface area contributed by atoms with E-state index in [1.807, 2.05) is 0 Å². The summed E-state index contributed by atoms with van der Waals surface area (Å²) in [6.45, 7) is 0.235. The van der Waals surface area contributed by atoms with Gasteiger partial charge in [0.15, 0.2) is 0 Å². The molecule has 0 aromatic carbocycles. The lowest BCUT2D eigenvalue weighted by Crippen LogP contribution is -2.58. The second-order valence-corrected chi connectivity index (χ2v) is 8.11. The standard InChI is InChI=1S/C19H30N4O10S/c1-10(26)20-12(3-4-15(27)28)18(32)23-14(9-25)19(33)22-13(5-6-34-2)17(31)21-11(8-24)7-16(29)30/h8,11-14,25H,3-7,9H2,1-2H3,(H,20,26)(H,21,31)(H,22,33)(H,23,32)(H,27,28)(H,29,30)/t11-,12-,13+,14+/m1/s1. The summed E-state index contributed by atoms with van der Waals surface area (Å²) in [6.07, 6.45) is 0.710. The monoisotopic (exact) mass is 506 g/mol. The van der Waals surface area contributed by atoms with Gasteiger partial charge in [0.2, 0.25) is 23.6 Å². The van der Waals surface area contributed by atoms with Crippen molar-refractivity contribution in [3.63, 3.8) is 0 Å². The van der Waals surface area contributed by atoms with Crippen molar-refractivity contribution in [3.05, 3.63) is 0 Å². The van der Waals surface area contributed by atoms with E-state index in [0.717, 1.165) is 6.92 Å². The van der Waals surface area contributed by atoms with Gasteiger partial charge in [0.25, 0.3) is 0 Å². The third-order valence-corrected chi connectivity index (χ3v) is 4.93. The van der Waals surface area contributed by atoms with E-state index in [9.17, 15) is 38.7 Å². The molecule has 0 aromatic rings. The van der Waals surface area contributed by atoms with E-state index in [2.05, 4.69) is 21.3 Å². The van der Waals surface area contributed by atoms with E-state index in [4.69, 9.17) is 10.2 Å². The lowest BCUT2D eigenvalue weighted by atomic mass is 10.1. The maximum absolute atomic E-state index is 12.6. The van der Waals surface area contributed by atoms with Crippen LogP contribution in [-0.2, 0) is 33.6 Å². The van der Waals surface area contributed by atoms with Crippen LogP contribution in [0.3, 0.4) is 0 Å². The van der Waals surface area contributed by atoms with E-state index in [-0.39, 0.29) is 19.1 Å². The predicted molar refractivity (Wildman–Crippen MR) is 119 cm³/mol. The molecule has 0 aliphatic heterocycles. The van der Waals surface area contributed by atoms with Crippen molar-refractivity contribution in [2.45, 2.75) is 56.8 Å². The second kappa shape index (κ2) is 16.4. The fraction of sp³-hybridized carbons (Fsp3) is 0.632. The molecule has 4 amide bonds. The van der Waals surface area contributed by atoms with Gasteiger partial charge >= 0.3 is 11.9 Å². The number of aldehydes is 1. The van der Waals surface area contributed by atoms with Gasteiger partial charge in [-0.2, -0.15) is 11.8 Å². The average Bonchev–Trinajstić information content (AvgIpc) is 2.75. The Morgan fingerprint density at radius 2 is 1.35 bits per heavy atom. The van der Waals surface area contributed by atoms with Gasteiger partial charge in [0.1, 0.15) is 24.4 Å². The summed E-state index contributed by atoms with van der Waals surface area (Å²) in [7, 11) is 0. The smallest absolute Gasteiger partial charge is 0.305 e. The molecule has 34 heavy (non-hydrogen) atoms. The number of carboxylic acid groups (broad SMARTS) is 2. The summed E-state index contributed by atoms with van der Waals surface area (Å²) >= 11 is 1.35. The first-order valence-corrected chi connectivity index (χ1v) is 11.5. The molecular formula is C19H30N4O10S. The van der Waals surface area contributed by atoms with Crippen LogP contribution in [0.1, 0.15) is 32.6 Å². The summed E-state index contributed by atoms with van der Waals surface area (Å²) in [5.41, 5.74) is 0. The summed E-state index contributed by atoms with van der Waals surface area (Å²) in [5.74, 6) is -5.45. The van der Waals surface area contributed by atoms with Crippen LogP contribution in [0.25, 0.3) is 0 Å². The van der Waals surface area contributed by atoms with Crippen LogP contribution in [0.5, 0.6) is 0 Å². The molecule has 0 saturated carbocycles. The number of rotatable bonds is 17. The van der Waals surface area contributed by atoms with Crippen molar-refractivity contribution >= 4 is 53.6 Å². The molecule has 0 spiro atoms. The average molecular weight is 507 g/mol. The molecule has 0 unspecified atom stereocenters. The molecule has 0 aliphatic carbocycles. The van der Waals surface area contributed by atoms with Gasteiger partial charge in [-0.15, -0.1) is 0 Å². The van der Waals surface area contributed by atoms with Gasteiger partial charge < -0.3 is 41.4 Å². The molecule has 15 heteroatoms. The van der Waals surface area contributed by atoms with Crippen LogP contribution in [0.2, 0.25) is 0 Å². The van der Waals surface area contributed by atoms with Crippen molar-refractivity contribution in [1.82, 2.24) is 21.3 Å². The van der Waals surface area contributed by atoms with E-state index in [1.54, 1.807) is 6.26 Å². The third-order valence-electron chi connectivity index (χ3n) is 4.29. The summed E-state index contributed by atoms with van der Waals surface area (Å²) in [4.78, 5) is 81.5. The maximum Gasteiger partial charge on any atom is 0.305 e. The number of amides is 4. The Bertz CT molecular complexity index is 763. The summed E-state index contributed by atoms with van der Waals surface area (Å²) < 4.78 is 0. The van der Waals surface area contributed by atoms with Gasteiger partial charge in [0, 0.05) is 13.3 Å². The normalized spacial score (nSPS) is 14.0. The van der Waals surface area contributed by atoms with Crippen LogP contribution in [0, 0.1) is 0 Å². The van der Waals surface area contributed by atoms with Crippen LogP contribution in [-0.4, -0.2) is 100.0 Å². The van der Waals surface area contributed by atoms with Crippen LogP contribution < -0.4 is 21.3 Å². The molecule has 0 bridgehead atoms. The van der Waals surface area contributed by atoms with Crippen molar-refractivity contribution in [2.24, 2.45) is 0 Å². The largest absolute Gasteiger partial charge is 0.481 e. The minimum absolute atomic E-state index is 0.0939. The summed E-state index contributed by atoms with van der Waals surface area (Å²) in [6, 6.07) is -5.35. The number of carbonyl (C=O) groups excluding carboxylic acids is 5. The van der Waals surface area contributed by atoms with Gasteiger partial charge in [-0.3, -0.25) is 28.8 Å². The second-order valence-electron chi connectivity index (χ2n) is 7.12. The molecule has 0 aliphatic rings. The highest BCUT2D eigenvalue weighted by Crippen LogP contribution is 2.04. The lowest BCUT2D eigenvalue weighted by molar-refractivity contribution is -0.139. The van der Waals surface area contributed by atoms with Crippen LogP contribution in [0.15, 0.2) is 0 Å². The SMILES string of the molecule is CSCC[C@H](NC(=O)[C@H](CO)NC(=O)[C@@H](CCC(=O)O)NC(C)=O)C(=O)N[C@@H](C=O)CC(=O)O. The molecule has 14 nitrogen and oxygen atoms in total. The Hall–Kier alpha value is -3.20. The van der Waals surface area contributed by atoms with Crippen LogP contribution >= 0.6 is 11.8 Å². The quantitative estimate of drug-likeness (QED) is 0.0998. The predicted octanol–water partition coefficient (Wildman–Crippen LogP) is -2.77. The Balaban J connectivity index is 5.34. The van der Waals surface area contributed by atoms with E-state index in [0.29, 0.717) is 5.75 Å². The molecule has 0 radical (unpaired) electrons. The van der Waals surface area contributed by atoms with Crippen molar-refractivity contribution in [3.8, 4) is 0 Å². The van der Waals surface area contributed by atoms with Gasteiger partial charge in [0.05, 0.1) is 19.1 Å². The first-order chi connectivity index (χ1) is 15.9. The molecule has 192 valence electrons. The first kappa shape index (κ1) is 30.8. The number of hydrogen-bond acceptors (Lipinski definition) is 9. The number of aliphatic carboxylic acids is 2. The molecule has 7 N–H and O–H groups in total. The van der Waals surface area contributed by atoms with Crippen molar-refractivity contribution < 1.29 is 48.9 Å². The van der Waals surface area contributed by atoms with Gasteiger partial charge in [-0.05, 0) is 24.9 Å². The third kappa shape index (κ3) is 12.7. The Kier molecular flexibility index (Phi) is 14.9. The zero-order chi connectivity index (χ0) is 26.3. The number of nitrogens with one attached hydrogen (secondary N) is 4. The zero-order valence-corrected chi connectivity index (χ0v) is 19.6. The molecule has 4 atom stereocenters. The first-order valence-electron chi connectivity index (χ1n) is 10.1. The Morgan fingerprint density at radius 1 is 0.824 bits per heavy atom. The maximum atomic E-state index is 12.6. The molecule has 0 aromatic heterocycles. The van der Waals surface area contributed by atoms with Crippen LogP contribution in [0.4, 0.5) is 0 Å². The fourth-order valence-corrected chi connectivity index (χ4v) is 3.10. The summed E-state index contributed by atoms with van der Waals surface area (Å²) in [5, 5.41) is 36.2. The van der Waals surface area contributed by atoms with E-state index < -0.39 is 79.2 Å². The topological polar surface area (TPSA) is 228 Å². The molecule has 0 rings (SSSR count). The van der Waals surface area contributed by atoms with Gasteiger partial charge in [-0.25, -0.2) is 0 Å². The number of thioether (sulfide) groups is 1. The number of aliphatic hydroxyl groups is 1.